The Morgan fingerprint density at radius 1 is 0.562 bits per heavy atom. The van der Waals surface area contributed by atoms with Crippen molar-refractivity contribution in [2.24, 2.45) is 5.92 Å². The molecular formula is C44H62N7O13+. The van der Waals surface area contributed by atoms with Gasteiger partial charge in [0.2, 0.25) is 35.4 Å². The summed E-state index contributed by atoms with van der Waals surface area (Å²) in [5.74, 6) is -10.0. The Bertz CT molecular complexity index is 1960. The van der Waals surface area contributed by atoms with Crippen LogP contribution in [0.2, 0.25) is 0 Å². The maximum atomic E-state index is 13.8. The average Bonchev–Trinajstić information content (AvgIpc) is 3.56. The topological polar surface area (TPSA) is 334 Å². The number of amides is 6. The molecule has 0 bridgehead atoms. The Hall–Kier alpha value is -6.41. The van der Waals surface area contributed by atoms with E-state index in [1.54, 1.807) is 0 Å². The molecule has 0 saturated carbocycles. The summed E-state index contributed by atoms with van der Waals surface area (Å²) in [7, 11) is 0. The largest absolute Gasteiger partial charge is 0.481 e. The molecule has 1 aliphatic rings. The summed E-state index contributed by atoms with van der Waals surface area (Å²) in [6, 6.07) is 7.11. The summed E-state index contributed by atoms with van der Waals surface area (Å²) >= 11 is 0. The molecule has 0 spiro atoms. The third kappa shape index (κ3) is 15.4. The van der Waals surface area contributed by atoms with Crippen molar-refractivity contribution in [1.82, 2.24) is 31.9 Å². The van der Waals surface area contributed by atoms with Crippen molar-refractivity contribution < 1.29 is 69.3 Å². The molecule has 0 aromatic heterocycles. The molecule has 64 heavy (non-hydrogen) atoms. The number of rotatable bonds is 27. The number of quaternary nitrogens is 1. The van der Waals surface area contributed by atoms with Gasteiger partial charge in [-0.2, -0.15) is 0 Å². The van der Waals surface area contributed by atoms with Crippen LogP contribution in [0, 0.1) is 5.92 Å². The predicted octanol–water partition coefficient (Wildman–Crippen LogP) is -0.229. The molecule has 7 atom stereocenters. The second kappa shape index (κ2) is 25.0. The van der Waals surface area contributed by atoms with Crippen molar-refractivity contribution in [1.29, 1.82) is 0 Å². The minimum atomic E-state index is -1.84. The predicted molar refractivity (Wildman–Crippen MR) is 230 cm³/mol. The van der Waals surface area contributed by atoms with Gasteiger partial charge in [0.05, 0.1) is 12.6 Å². The van der Waals surface area contributed by atoms with Gasteiger partial charge in [-0.1, -0.05) is 62.4 Å². The number of unbranched alkanes of at least 4 members (excludes halogenated alkanes) is 1. The molecule has 350 valence electrons. The molecule has 2 aromatic rings. The van der Waals surface area contributed by atoms with Crippen LogP contribution in [0.3, 0.4) is 0 Å². The van der Waals surface area contributed by atoms with Crippen LogP contribution in [0.1, 0.15) is 103 Å². The van der Waals surface area contributed by atoms with Gasteiger partial charge < -0.3 is 58.1 Å². The highest BCUT2D eigenvalue weighted by molar-refractivity contribution is 5.97. The number of carbonyl (C=O) groups is 9. The molecule has 6 amide bonds. The van der Waals surface area contributed by atoms with Gasteiger partial charge in [0.25, 0.3) is 0 Å². The van der Waals surface area contributed by atoms with E-state index in [1.807, 2.05) is 48.5 Å². The molecular weight excluding hydrogens is 835 g/mol. The number of aliphatic hydroxyl groups excluding tert-OH is 1. The van der Waals surface area contributed by atoms with Crippen LogP contribution in [-0.2, 0) is 43.2 Å². The number of hydrogen-bond acceptors (Lipinski definition) is 10. The van der Waals surface area contributed by atoms with Crippen molar-refractivity contribution in [3.05, 3.63) is 59.7 Å². The van der Waals surface area contributed by atoms with Gasteiger partial charge in [0.1, 0.15) is 36.3 Å². The lowest BCUT2D eigenvalue weighted by atomic mass is 9.92. The Balaban J connectivity index is 1.72. The Morgan fingerprint density at radius 3 is 1.48 bits per heavy atom. The highest BCUT2D eigenvalue weighted by Gasteiger charge is 2.36. The standard InChI is InChI=1S/C44H61N7O13/c1-23(2)37(44(63)64)50-41(60)33(18-21-36(56)57)49-43(62)38(25(4)52)51-42(61)32(17-20-35(54)55)48-40(59)31(15-9-10-22-45)47-39(58)24(3)46-34(53)19-16-30-28-13-7-5-11-26(28)27-12-6-8-14-29(27)30/h5-8,11-14,23-25,30-33,37-38,52H,9-10,15-22,45H2,1-4H3,(H,46,53)(H,47,58)(H,48,59)(H,49,62)(H,50,60)(H,51,61)(H,54,55)(H,56,57)(H,63,64)/p+1/t24-,25+,31-,32-,33-,37-,38-/m0/s1. The quantitative estimate of drug-likeness (QED) is 0.0517. The highest BCUT2D eigenvalue weighted by Crippen LogP contribution is 2.46. The van der Waals surface area contributed by atoms with Crippen molar-refractivity contribution in [2.75, 3.05) is 6.54 Å². The molecule has 0 saturated heterocycles. The van der Waals surface area contributed by atoms with Crippen LogP contribution in [0.4, 0.5) is 0 Å². The van der Waals surface area contributed by atoms with E-state index in [-0.39, 0.29) is 18.8 Å². The van der Waals surface area contributed by atoms with Gasteiger partial charge in [-0.3, -0.25) is 38.4 Å². The number of hydrogen-bond donors (Lipinski definition) is 11. The summed E-state index contributed by atoms with van der Waals surface area (Å²) in [4.78, 5) is 115. The van der Waals surface area contributed by atoms with Crippen LogP contribution < -0.4 is 37.6 Å². The first-order valence-corrected chi connectivity index (χ1v) is 21.4. The molecule has 1 aliphatic carbocycles. The van der Waals surface area contributed by atoms with Crippen LogP contribution in [0.25, 0.3) is 11.1 Å². The van der Waals surface area contributed by atoms with Crippen LogP contribution in [0.15, 0.2) is 48.5 Å². The van der Waals surface area contributed by atoms with Crippen molar-refractivity contribution in [3.8, 4) is 11.1 Å². The van der Waals surface area contributed by atoms with E-state index in [0.29, 0.717) is 25.8 Å². The van der Waals surface area contributed by atoms with E-state index in [2.05, 4.69) is 37.6 Å². The lowest BCUT2D eigenvalue weighted by Gasteiger charge is -2.28. The molecule has 0 heterocycles. The van der Waals surface area contributed by atoms with Crippen LogP contribution in [-0.4, -0.2) is 123 Å². The van der Waals surface area contributed by atoms with E-state index >= 15 is 0 Å². The lowest BCUT2D eigenvalue weighted by Crippen LogP contribution is -2.61. The van der Waals surface area contributed by atoms with E-state index in [9.17, 15) is 63.6 Å². The SMILES string of the molecule is CC(C)[C@H](NC(=O)[C@H](CCC(=O)O)NC(=O)[C@@H](NC(=O)[C@H](CCC(=O)O)NC(=O)[C@H](CCCC[NH3+])NC(=O)[C@H](C)NC(=O)CCC1c2ccccc2-c2ccccc21)[C@@H](C)O)C(=O)O. The molecule has 2 aromatic carbocycles. The second-order valence-electron chi connectivity index (χ2n) is 16.2. The number of carboxylic acid groups (broad SMARTS) is 3. The Morgan fingerprint density at radius 2 is 1.02 bits per heavy atom. The fourth-order valence-corrected chi connectivity index (χ4v) is 7.35. The summed E-state index contributed by atoms with van der Waals surface area (Å²) in [6.45, 7) is 6.10. The number of aliphatic hydroxyl groups is 1. The van der Waals surface area contributed by atoms with Gasteiger partial charge in [0, 0.05) is 25.2 Å². The number of nitrogens with one attached hydrogen (secondary N) is 6. The average molecular weight is 897 g/mol. The van der Waals surface area contributed by atoms with E-state index in [4.69, 9.17) is 0 Å². The smallest absolute Gasteiger partial charge is 0.326 e. The summed E-state index contributed by atoms with van der Waals surface area (Å²) in [6.07, 6.45) is -2.31. The van der Waals surface area contributed by atoms with Crippen LogP contribution >= 0.6 is 0 Å². The summed E-state index contributed by atoms with van der Waals surface area (Å²) in [5.41, 5.74) is 8.23. The van der Waals surface area contributed by atoms with E-state index in [0.717, 1.165) is 29.2 Å². The van der Waals surface area contributed by atoms with Crippen molar-refractivity contribution >= 4 is 53.4 Å². The van der Waals surface area contributed by atoms with Gasteiger partial charge >= 0.3 is 17.9 Å². The number of carbonyl (C=O) groups excluding carboxylic acids is 6. The fourth-order valence-electron chi connectivity index (χ4n) is 7.35. The molecule has 0 fully saturated rings. The monoisotopic (exact) mass is 896 g/mol. The Kier molecular flexibility index (Phi) is 20.3. The summed E-state index contributed by atoms with van der Waals surface area (Å²) in [5, 5.41) is 53.2. The molecule has 0 aliphatic heterocycles. The van der Waals surface area contributed by atoms with Gasteiger partial charge in [-0.15, -0.1) is 0 Å². The fraction of sp³-hybridized carbons (Fsp3) is 0.523. The minimum absolute atomic E-state index is 0.0182. The van der Waals surface area contributed by atoms with Gasteiger partial charge in [0.15, 0.2) is 0 Å². The third-order valence-corrected chi connectivity index (χ3v) is 10.9. The highest BCUT2D eigenvalue weighted by atomic mass is 16.4. The maximum absolute atomic E-state index is 13.8. The zero-order valence-electron chi connectivity index (χ0n) is 36.6. The van der Waals surface area contributed by atoms with E-state index < -0.39 is 127 Å². The molecule has 20 nitrogen and oxygen atoms in total. The Labute approximate surface area is 370 Å². The van der Waals surface area contributed by atoms with Crippen molar-refractivity contribution in [3.63, 3.8) is 0 Å². The normalized spacial score (nSPS) is 15.1. The first-order chi connectivity index (χ1) is 30.2. The van der Waals surface area contributed by atoms with Crippen LogP contribution in [0.5, 0.6) is 0 Å². The maximum Gasteiger partial charge on any atom is 0.326 e. The zero-order chi connectivity index (χ0) is 47.7. The number of fused-ring (bicyclic) bond motifs is 3. The first kappa shape index (κ1) is 51.9. The number of aliphatic carboxylic acids is 3. The third-order valence-electron chi connectivity index (χ3n) is 10.9. The zero-order valence-corrected chi connectivity index (χ0v) is 36.6. The number of benzene rings is 2. The minimum Gasteiger partial charge on any atom is -0.481 e. The molecule has 0 radical (unpaired) electrons. The molecule has 3 rings (SSSR count). The number of carboxylic acids is 3. The van der Waals surface area contributed by atoms with Gasteiger partial charge in [-0.05, 0) is 80.5 Å². The molecule has 0 unspecified atom stereocenters. The van der Waals surface area contributed by atoms with E-state index in [1.165, 1.54) is 20.8 Å². The van der Waals surface area contributed by atoms with Crippen molar-refractivity contribution in [2.45, 2.75) is 134 Å². The van der Waals surface area contributed by atoms with Gasteiger partial charge in [-0.25, -0.2) is 4.79 Å². The first-order valence-electron chi connectivity index (χ1n) is 21.4. The molecule has 20 heteroatoms. The molecule has 13 N–H and O–H groups in total. The lowest BCUT2D eigenvalue weighted by molar-refractivity contribution is -0.368. The summed E-state index contributed by atoms with van der Waals surface area (Å²) < 4.78 is 0. The second-order valence-corrected chi connectivity index (χ2v) is 16.2.